The van der Waals surface area contributed by atoms with E-state index in [1.165, 1.54) is 0 Å². The van der Waals surface area contributed by atoms with Crippen molar-refractivity contribution in [2.24, 2.45) is 5.73 Å². The first-order valence-corrected chi connectivity index (χ1v) is 4.74. The molecule has 0 saturated carbocycles. The predicted octanol–water partition coefficient (Wildman–Crippen LogP) is -0.001000. The Labute approximate surface area is 88.8 Å². The van der Waals surface area contributed by atoms with Gasteiger partial charge in [-0.05, 0) is 18.2 Å². The molecule has 0 spiro atoms. The van der Waals surface area contributed by atoms with Gasteiger partial charge >= 0.3 is 0 Å². The standard InChI is InChI=1S/C10H16N4O/c1-13-10(15)8-3-2-7(12)6-9(8)14-5-4-11/h2-3,6,14H,4-5,11-12H2,1H3,(H,13,15). The van der Waals surface area contributed by atoms with Crippen LogP contribution < -0.4 is 22.1 Å². The van der Waals surface area contributed by atoms with Gasteiger partial charge < -0.3 is 22.1 Å². The van der Waals surface area contributed by atoms with Crippen molar-refractivity contribution in [2.45, 2.75) is 0 Å². The van der Waals surface area contributed by atoms with Crippen molar-refractivity contribution in [3.05, 3.63) is 23.8 Å². The molecule has 0 atom stereocenters. The van der Waals surface area contributed by atoms with E-state index in [0.717, 1.165) is 0 Å². The number of anilines is 2. The summed E-state index contributed by atoms with van der Waals surface area (Å²) < 4.78 is 0. The zero-order valence-electron chi connectivity index (χ0n) is 8.71. The minimum absolute atomic E-state index is 0.144. The van der Waals surface area contributed by atoms with Gasteiger partial charge in [-0.1, -0.05) is 0 Å². The van der Waals surface area contributed by atoms with E-state index in [1.807, 2.05) is 0 Å². The number of carbonyl (C=O) groups is 1. The van der Waals surface area contributed by atoms with Crippen molar-refractivity contribution in [3.63, 3.8) is 0 Å². The van der Waals surface area contributed by atoms with Crippen molar-refractivity contribution in [1.29, 1.82) is 0 Å². The summed E-state index contributed by atoms with van der Waals surface area (Å²) in [5.41, 5.74) is 12.9. The summed E-state index contributed by atoms with van der Waals surface area (Å²) in [5.74, 6) is -0.144. The van der Waals surface area contributed by atoms with Gasteiger partial charge in [0, 0.05) is 31.5 Å². The summed E-state index contributed by atoms with van der Waals surface area (Å²) in [6, 6.07) is 5.10. The van der Waals surface area contributed by atoms with Crippen LogP contribution in [0.5, 0.6) is 0 Å². The highest BCUT2D eigenvalue weighted by atomic mass is 16.1. The second-order valence-electron chi connectivity index (χ2n) is 3.10. The second-order valence-corrected chi connectivity index (χ2v) is 3.10. The predicted molar refractivity (Wildman–Crippen MR) is 61.8 cm³/mol. The monoisotopic (exact) mass is 208 g/mol. The maximum Gasteiger partial charge on any atom is 0.253 e. The molecule has 0 saturated heterocycles. The van der Waals surface area contributed by atoms with Gasteiger partial charge in [0.15, 0.2) is 0 Å². The van der Waals surface area contributed by atoms with E-state index >= 15 is 0 Å². The number of nitrogens with two attached hydrogens (primary N) is 2. The molecule has 0 aliphatic carbocycles. The fraction of sp³-hybridized carbons (Fsp3) is 0.300. The van der Waals surface area contributed by atoms with Crippen molar-refractivity contribution in [1.82, 2.24) is 5.32 Å². The lowest BCUT2D eigenvalue weighted by atomic mass is 10.1. The highest BCUT2D eigenvalue weighted by molar-refractivity contribution is 6.00. The molecule has 1 amide bonds. The van der Waals surface area contributed by atoms with Crippen molar-refractivity contribution in [3.8, 4) is 0 Å². The second kappa shape index (κ2) is 5.21. The molecule has 5 nitrogen and oxygen atoms in total. The average Bonchev–Trinajstić information content (AvgIpc) is 2.25. The Morgan fingerprint density at radius 1 is 1.47 bits per heavy atom. The van der Waals surface area contributed by atoms with Crippen LogP contribution in [-0.4, -0.2) is 26.0 Å². The van der Waals surface area contributed by atoms with Crippen molar-refractivity contribution < 1.29 is 4.79 Å². The van der Waals surface area contributed by atoms with E-state index in [2.05, 4.69) is 10.6 Å². The van der Waals surface area contributed by atoms with Crippen LogP contribution >= 0.6 is 0 Å². The summed E-state index contributed by atoms with van der Waals surface area (Å²) in [4.78, 5) is 11.5. The normalized spacial score (nSPS) is 9.73. The molecule has 0 aliphatic heterocycles. The lowest BCUT2D eigenvalue weighted by molar-refractivity contribution is 0.0964. The topological polar surface area (TPSA) is 93.2 Å². The molecule has 5 heteroatoms. The van der Waals surface area contributed by atoms with Crippen LogP contribution in [0, 0.1) is 0 Å². The molecule has 6 N–H and O–H groups in total. The summed E-state index contributed by atoms with van der Waals surface area (Å²) >= 11 is 0. The third kappa shape index (κ3) is 2.85. The molecule has 0 radical (unpaired) electrons. The SMILES string of the molecule is CNC(=O)c1ccc(N)cc1NCCN. The number of hydrogen-bond donors (Lipinski definition) is 4. The van der Waals surface area contributed by atoms with Gasteiger partial charge in [0.2, 0.25) is 0 Å². The van der Waals surface area contributed by atoms with Crippen LogP contribution in [0.15, 0.2) is 18.2 Å². The molecule has 0 heterocycles. The zero-order valence-corrected chi connectivity index (χ0v) is 8.71. The molecule has 15 heavy (non-hydrogen) atoms. The minimum Gasteiger partial charge on any atom is -0.399 e. The van der Waals surface area contributed by atoms with Gasteiger partial charge in [-0.25, -0.2) is 0 Å². The van der Waals surface area contributed by atoms with E-state index in [0.29, 0.717) is 30.0 Å². The van der Waals surface area contributed by atoms with Crippen LogP contribution in [0.3, 0.4) is 0 Å². The first kappa shape index (κ1) is 11.3. The smallest absolute Gasteiger partial charge is 0.253 e. The maximum atomic E-state index is 11.5. The van der Waals surface area contributed by atoms with Gasteiger partial charge in [-0.15, -0.1) is 0 Å². The third-order valence-electron chi connectivity index (χ3n) is 1.98. The molecule has 0 aromatic heterocycles. The molecule has 82 valence electrons. The minimum atomic E-state index is -0.144. The van der Waals surface area contributed by atoms with Crippen LogP contribution in [0.1, 0.15) is 10.4 Å². The Morgan fingerprint density at radius 3 is 2.80 bits per heavy atom. The van der Waals surface area contributed by atoms with Crippen molar-refractivity contribution in [2.75, 3.05) is 31.2 Å². The van der Waals surface area contributed by atoms with Gasteiger partial charge in [-0.2, -0.15) is 0 Å². The van der Waals surface area contributed by atoms with Crippen LogP contribution in [0.2, 0.25) is 0 Å². The van der Waals surface area contributed by atoms with E-state index in [4.69, 9.17) is 11.5 Å². The fourth-order valence-electron chi connectivity index (χ4n) is 1.25. The van der Waals surface area contributed by atoms with Gasteiger partial charge in [0.25, 0.3) is 5.91 Å². The van der Waals surface area contributed by atoms with Crippen LogP contribution in [-0.2, 0) is 0 Å². The Morgan fingerprint density at radius 2 is 2.20 bits per heavy atom. The summed E-state index contributed by atoms with van der Waals surface area (Å²) in [6.07, 6.45) is 0. The molecule has 1 rings (SSSR count). The molecule has 0 aliphatic rings. The van der Waals surface area contributed by atoms with Crippen LogP contribution in [0.4, 0.5) is 11.4 Å². The molecule has 1 aromatic carbocycles. The summed E-state index contributed by atoms with van der Waals surface area (Å²) in [6.45, 7) is 1.11. The summed E-state index contributed by atoms with van der Waals surface area (Å²) in [7, 11) is 1.59. The highest BCUT2D eigenvalue weighted by Crippen LogP contribution is 2.18. The Hall–Kier alpha value is -1.75. The fourth-order valence-corrected chi connectivity index (χ4v) is 1.25. The van der Waals surface area contributed by atoms with E-state index in [1.54, 1.807) is 25.2 Å². The third-order valence-corrected chi connectivity index (χ3v) is 1.98. The Balaban J connectivity index is 2.97. The Kier molecular flexibility index (Phi) is 3.93. The number of benzene rings is 1. The van der Waals surface area contributed by atoms with Gasteiger partial charge in [0.1, 0.15) is 0 Å². The zero-order chi connectivity index (χ0) is 11.3. The number of rotatable bonds is 4. The van der Waals surface area contributed by atoms with Crippen molar-refractivity contribution >= 4 is 17.3 Å². The average molecular weight is 208 g/mol. The van der Waals surface area contributed by atoms with Gasteiger partial charge in [-0.3, -0.25) is 4.79 Å². The van der Waals surface area contributed by atoms with Gasteiger partial charge in [0.05, 0.1) is 5.56 Å². The molecule has 0 fully saturated rings. The maximum absolute atomic E-state index is 11.5. The molecule has 0 unspecified atom stereocenters. The Bertz CT molecular complexity index is 351. The van der Waals surface area contributed by atoms with E-state index in [-0.39, 0.29) is 5.91 Å². The number of hydrogen-bond acceptors (Lipinski definition) is 4. The lowest BCUT2D eigenvalue weighted by Crippen LogP contribution is -2.21. The van der Waals surface area contributed by atoms with E-state index < -0.39 is 0 Å². The van der Waals surface area contributed by atoms with E-state index in [9.17, 15) is 4.79 Å². The molecule has 1 aromatic rings. The first-order valence-electron chi connectivity index (χ1n) is 4.74. The van der Waals surface area contributed by atoms with Crippen LogP contribution in [0.25, 0.3) is 0 Å². The molecular weight excluding hydrogens is 192 g/mol. The number of nitrogen functional groups attached to an aromatic ring is 1. The highest BCUT2D eigenvalue weighted by Gasteiger charge is 2.09. The molecular formula is C10H16N4O. The first-order chi connectivity index (χ1) is 7.19. The number of nitrogens with one attached hydrogen (secondary N) is 2. The quantitative estimate of drug-likeness (QED) is 0.524. The number of amides is 1. The lowest BCUT2D eigenvalue weighted by Gasteiger charge is -2.11. The summed E-state index contributed by atoms with van der Waals surface area (Å²) in [5, 5.41) is 5.62. The largest absolute Gasteiger partial charge is 0.399 e. The number of carbonyl (C=O) groups excluding carboxylic acids is 1. The molecule has 0 bridgehead atoms.